The van der Waals surface area contributed by atoms with Gasteiger partial charge in [-0.1, -0.05) is 18.2 Å². The summed E-state index contributed by atoms with van der Waals surface area (Å²) in [6.45, 7) is 0.398. The van der Waals surface area contributed by atoms with Gasteiger partial charge in [-0.15, -0.1) is 0 Å². The third-order valence-electron chi connectivity index (χ3n) is 5.00. The zero-order chi connectivity index (χ0) is 22.7. The second-order valence-electron chi connectivity index (χ2n) is 7.24. The Balaban J connectivity index is 1.61. The highest BCUT2D eigenvalue weighted by Crippen LogP contribution is 2.40. The van der Waals surface area contributed by atoms with Gasteiger partial charge in [0.05, 0.1) is 35.1 Å². The fourth-order valence-corrected chi connectivity index (χ4v) is 3.49. The van der Waals surface area contributed by atoms with Crippen LogP contribution in [0.4, 0.5) is 11.4 Å². The highest BCUT2D eigenvalue weighted by atomic mass is 16.5. The number of anilines is 2. The number of aromatic nitrogens is 2. The molecule has 1 aliphatic rings. The first-order valence-electron chi connectivity index (χ1n) is 9.95. The van der Waals surface area contributed by atoms with Gasteiger partial charge in [-0.2, -0.15) is 0 Å². The molecule has 164 valence electrons. The maximum atomic E-state index is 12.8. The second kappa shape index (κ2) is 8.88. The second-order valence-corrected chi connectivity index (χ2v) is 7.24. The Labute approximate surface area is 182 Å². The van der Waals surface area contributed by atoms with Gasteiger partial charge in [0.1, 0.15) is 5.69 Å². The van der Waals surface area contributed by atoms with Crippen LogP contribution in [0.25, 0.3) is 11.0 Å². The van der Waals surface area contributed by atoms with Gasteiger partial charge in [0.25, 0.3) is 5.91 Å². The molecule has 0 bridgehead atoms. The maximum Gasteiger partial charge on any atom is 0.346 e. The van der Waals surface area contributed by atoms with Crippen LogP contribution in [-0.4, -0.2) is 57.2 Å². The molecule has 4 rings (SSSR count). The van der Waals surface area contributed by atoms with E-state index in [1.165, 1.54) is 6.20 Å². The number of amides is 1. The van der Waals surface area contributed by atoms with Gasteiger partial charge < -0.3 is 25.2 Å². The van der Waals surface area contributed by atoms with Gasteiger partial charge in [-0.3, -0.25) is 14.6 Å². The summed E-state index contributed by atoms with van der Waals surface area (Å²) in [5.74, 6) is -2.38. The van der Waals surface area contributed by atoms with Crippen LogP contribution in [0.5, 0.6) is 5.75 Å². The highest BCUT2D eigenvalue weighted by molar-refractivity contribution is 6.05. The monoisotopic (exact) mass is 436 g/mol. The fraction of sp³-hybridized carbons (Fsp3) is 0.227. The van der Waals surface area contributed by atoms with E-state index >= 15 is 0 Å². The third kappa shape index (κ3) is 4.43. The molecular weight excluding hydrogens is 416 g/mol. The molecule has 0 saturated carbocycles. The van der Waals surface area contributed by atoms with Gasteiger partial charge in [0.2, 0.25) is 6.10 Å². The predicted octanol–water partition coefficient (Wildman–Crippen LogP) is 2.40. The van der Waals surface area contributed by atoms with Crippen molar-refractivity contribution in [1.82, 2.24) is 9.97 Å². The van der Waals surface area contributed by atoms with E-state index < -0.39 is 23.9 Å². The normalized spacial score (nSPS) is 15.0. The molecule has 10 nitrogen and oxygen atoms in total. The van der Waals surface area contributed by atoms with E-state index in [-0.39, 0.29) is 30.1 Å². The van der Waals surface area contributed by atoms with E-state index in [1.807, 2.05) is 6.07 Å². The van der Waals surface area contributed by atoms with E-state index in [9.17, 15) is 19.5 Å². The minimum absolute atomic E-state index is 0.0402. The molecule has 10 heteroatoms. The predicted molar refractivity (Wildman–Crippen MR) is 115 cm³/mol. The first-order chi connectivity index (χ1) is 15.4. The smallest absolute Gasteiger partial charge is 0.346 e. The Bertz CT molecular complexity index is 1200. The molecule has 0 aliphatic carbocycles. The molecule has 0 fully saturated rings. The van der Waals surface area contributed by atoms with Gasteiger partial charge in [-0.25, -0.2) is 9.78 Å². The lowest BCUT2D eigenvalue weighted by Gasteiger charge is -2.35. The topological polar surface area (TPSA) is 142 Å². The van der Waals surface area contributed by atoms with Crippen LogP contribution in [0.2, 0.25) is 0 Å². The molecular formula is C22H20N4O6. The summed E-state index contributed by atoms with van der Waals surface area (Å²) in [4.78, 5) is 45.6. The van der Waals surface area contributed by atoms with Crippen LogP contribution in [-0.2, 0) is 9.59 Å². The Morgan fingerprint density at radius 2 is 1.88 bits per heavy atom. The van der Waals surface area contributed by atoms with Crippen molar-refractivity contribution in [3.63, 3.8) is 0 Å². The number of nitrogens with one attached hydrogen (secondary N) is 1. The molecule has 1 aliphatic heterocycles. The van der Waals surface area contributed by atoms with Crippen molar-refractivity contribution in [2.75, 3.05) is 23.3 Å². The molecule has 1 unspecified atom stereocenters. The number of carboxylic acid groups (broad SMARTS) is 2. The molecule has 0 saturated heterocycles. The zero-order valence-corrected chi connectivity index (χ0v) is 16.9. The summed E-state index contributed by atoms with van der Waals surface area (Å²) in [5, 5.41) is 21.1. The minimum Gasteiger partial charge on any atom is -0.481 e. The number of carbonyl (C=O) groups is 3. The molecule has 2 heterocycles. The zero-order valence-electron chi connectivity index (χ0n) is 16.9. The Hall–Kier alpha value is -4.21. The maximum absolute atomic E-state index is 12.8. The first-order valence-corrected chi connectivity index (χ1v) is 9.95. The van der Waals surface area contributed by atoms with Crippen molar-refractivity contribution in [1.29, 1.82) is 0 Å². The van der Waals surface area contributed by atoms with Crippen LogP contribution in [0.3, 0.4) is 0 Å². The molecule has 0 spiro atoms. The fourth-order valence-electron chi connectivity index (χ4n) is 3.49. The third-order valence-corrected chi connectivity index (χ3v) is 5.00. The van der Waals surface area contributed by atoms with Crippen molar-refractivity contribution in [3.05, 3.63) is 54.4 Å². The van der Waals surface area contributed by atoms with Crippen LogP contribution >= 0.6 is 0 Å². The van der Waals surface area contributed by atoms with Crippen molar-refractivity contribution in [3.8, 4) is 5.75 Å². The Kier molecular flexibility index (Phi) is 5.84. The van der Waals surface area contributed by atoms with Crippen molar-refractivity contribution in [2.24, 2.45) is 0 Å². The standard InChI is InChI=1S/C22H20N4O6/c27-19(28)9-4-10-26-12-18(22(30)31)32-20-15(7-3-8-17(20)26)25-21(29)16-11-23-13-5-1-2-6-14(13)24-16/h1-3,5-8,11,18H,4,9-10,12H2,(H,25,29)(H,27,28)(H,30,31). The largest absolute Gasteiger partial charge is 0.481 e. The number of rotatable bonds is 7. The Morgan fingerprint density at radius 3 is 2.62 bits per heavy atom. The van der Waals surface area contributed by atoms with E-state index in [4.69, 9.17) is 9.84 Å². The van der Waals surface area contributed by atoms with E-state index in [0.717, 1.165) is 0 Å². The van der Waals surface area contributed by atoms with E-state index in [2.05, 4.69) is 15.3 Å². The summed E-state index contributed by atoms with van der Waals surface area (Å²) in [7, 11) is 0. The summed E-state index contributed by atoms with van der Waals surface area (Å²) >= 11 is 0. The number of nitrogens with zero attached hydrogens (tertiary/aromatic N) is 3. The number of carboxylic acids is 2. The number of fused-ring (bicyclic) bond motifs is 2. The summed E-state index contributed by atoms with van der Waals surface area (Å²) in [5.41, 5.74) is 2.20. The average molecular weight is 436 g/mol. The van der Waals surface area contributed by atoms with E-state index in [0.29, 0.717) is 29.7 Å². The van der Waals surface area contributed by atoms with Gasteiger partial charge in [0.15, 0.2) is 5.75 Å². The van der Waals surface area contributed by atoms with Crippen LogP contribution in [0.1, 0.15) is 23.3 Å². The molecule has 1 amide bonds. The van der Waals surface area contributed by atoms with Crippen molar-refractivity contribution in [2.45, 2.75) is 18.9 Å². The molecule has 0 radical (unpaired) electrons. The Morgan fingerprint density at radius 1 is 1.09 bits per heavy atom. The number of benzene rings is 2. The quantitative estimate of drug-likeness (QED) is 0.509. The molecule has 1 atom stereocenters. The molecule has 3 aromatic rings. The number of para-hydroxylation sites is 3. The lowest BCUT2D eigenvalue weighted by molar-refractivity contribution is -0.145. The van der Waals surface area contributed by atoms with Gasteiger partial charge in [0, 0.05) is 13.0 Å². The lowest BCUT2D eigenvalue weighted by Crippen LogP contribution is -2.45. The number of hydrogen-bond donors (Lipinski definition) is 3. The SMILES string of the molecule is O=C(O)CCCN1CC(C(=O)O)Oc2c(NC(=O)c3cnc4ccccc4n3)cccc21. The summed E-state index contributed by atoms with van der Waals surface area (Å²) in [6.07, 6.45) is 0.503. The van der Waals surface area contributed by atoms with Gasteiger partial charge >= 0.3 is 11.9 Å². The molecule has 3 N–H and O–H groups in total. The van der Waals surface area contributed by atoms with Crippen LogP contribution < -0.4 is 15.0 Å². The molecule has 32 heavy (non-hydrogen) atoms. The molecule has 1 aromatic heterocycles. The average Bonchev–Trinajstić information content (AvgIpc) is 2.78. The lowest BCUT2D eigenvalue weighted by atomic mass is 10.1. The van der Waals surface area contributed by atoms with Crippen molar-refractivity contribution >= 4 is 40.3 Å². The van der Waals surface area contributed by atoms with Gasteiger partial charge in [-0.05, 0) is 30.7 Å². The summed E-state index contributed by atoms with van der Waals surface area (Å²) < 4.78 is 5.68. The van der Waals surface area contributed by atoms with Crippen LogP contribution in [0, 0.1) is 0 Å². The number of carbonyl (C=O) groups excluding carboxylic acids is 1. The number of aliphatic carboxylic acids is 2. The first kappa shape index (κ1) is 21.0. The van der Waals surface area contributed by atoms with Crippen molar-refractivity contribution < 1.29 is 29.3 Å². The van der Waals surface area contributed by atoms with E-state index in [1.54, 1.807) is 41.3 Å². The number of ether oxygens (including phenoxy) is 1. The minimum atomic E-state index is -1.16. The number of hydrogen-bond acceptors (Lipinski definition) is 7. The molecule has 2 aromatic carbocycles. The highest BCUT2D eigenvalue weighted by Gasteiger charge is 2.32. The summed E-state index contributed by atoms with van der Waals surface area (Å²) in [6, 6.07) is 12.2. The van der Waals surface area contributed by atoms with Crippen LogP contribution in [0.15, 0.2) is 48.7 Å².